The summed E-state index contributed by atoms with van der Waals surface area (Å²) >= 11 is 0. The lowest BCUT2D eigenvalue weighted by molar-refractivity contribution is -0.130. The molecule has 7 nitrogen and oxygen atoms in total. The molecule has 0 spiro atoms. The topological polar surface area (TPSA) is 79.6 Å². The molecule has 0 fully saturated rings. The summed E-state index contributed by atoms with van der Waals surface area (Å²) < 4.78 is 1.89. The summed E-state index contributed by atoms with van der Waals surface area (Å²) in [5, 5.41) is 12.5. The van der Waals surface area contributed by atoms with Gasteiger partial charge >= 0.3 is 0 Å². The van der Waals surface area contributed by atoms with Crippen LogP contribution in [0.15, 0.2) is 5.10 Å². The zero-order chi connectivity index (χ0) is 15.6. The second kappa shape index (κ2) is 6.07. The van der Waals surface area contributed by atoms with Crippen LogP contribution in [0.2, 0.25) is 0 Å². The summed E-state index contributed by atoms with van der Waals surface area (Å²) in [5.41, 5.74) is 2.83. The third-order valence-electron chi connectivity index (χ3n) is 3.52. The number of amides is 2. The van der Waals surface area contributed by atoms with Gasteiger partial charge in [0, 0.05) is 26.4 Å². The second-order valence-corrected chi connectivity index (χ2v) is 5.19. The Morgan fingerprint density at radius 1 is 1.33 bits per heavy atom. The Morgan fingerprint density at radius 3 is 2.67 bits per heavy atom. The van der Waals surface area contributed by atoms with Gasteiger partial charge in [0.25, 0.3) is 5.91 Å². The van der Waals surface area contributed by atoms with Crippen LogP contribution < -0.4 is 5.32 Å². The molecule has 7 heteroatoms. The van der Waals surface area contributed by atoms with Gasteiger partial charge < -0.3 is 5.32 Å². The van der Waals surface area contributed by atoms with Gasteiger partial charge in [0.15, 0.2) is 0 Å². The third kappa shape index (κ3) is 3.12. The van der Waals surface area contributed by atoms with Crippen molar-refractivity contribution in [2.75, 3.05) is 12.4 Å². The first kappa shape index (κ1) is 15.2. The minimum Gasteiger partial charge on any atom is -0.318 e. The molecular weight excluding hydrogens is 270 g/mol. The summed E-state index contributed by atoms with van der Waals surface area (Å²) in [6, 6.07) is 0. The molecule has 0 bridgehead atoms. The van der Waals surface area contributed by atoms with Gasteiger partial charge in [-0.3, -0.25) is 14.3 Å². The van der Waals surface area contributed by atoms with E-state index in [2.05, 4.69) is 22.4 Å². The summed E-state index contributed by atoms with van der Waals surface area (Å²) in [5.74, 6) is -0.341. The number of hydrogen-bond acceptors (Lipinski definition) is 4. The van der Waals surface area contributed by atoms with Crippen molar-refractivity contribution in [2.24, 2.45) is 5.10 Å². The van der Waals surface area contributed by atoms with Gasteiger partial charge in [0.2, 0.25) is 5.91 Å². The number of hydrogen-bond donors (Lipinski definition) is 1. The van der Waals surface area contributed by atoms with Gasteiger partial charge in [-0.1, -0.05) is 6.92 Å². The van der Waals surface area contributed by atoms with E-state index in [4.69, 9.17) is 0 Å². The van der Waals surface area contributed by atoms with E-state index in [1.807, 2.05) is 18.5 Å². The van der Waals surface area contributed by atoms with Crippen LogP contribution in [0.4, 0.5) is 5.69 Å². The van der Waals surface area contributed by atoms with Crippen LogP contribution in [-0.2, 0) is 16.1 Å². The lowest BCUT2D eigenvalue weighted by Gasteiger charge is -2.19. The molecule has 1 aliphatic rings. The smallest absolute Gasteiger partial charge is 0.271 e. The second-order valence-electron chi connectivity index (χ2n) is 5.19. The molecule has 0 saturated carbocycles. The first-order valence-electron chi connectivity index (χ1n) is 7.13. The van der Waals surface area contributed by atoms with Crippen molar-refractivity contribution in [1.29, 1.82) is 0 Å². The molecule has 2 amide bonds. The van der Waals surface area contributed by atoms with E-state index in [0.29, 0.717) is 18.6 Å². The highest BCUT2D eigenvalue weighted by atomic mass is 16.2. The van der Waals surface area contributed by atoms with Crippen molar-refractivity contribution in [2.45, 2.75) is 46.6 Å². The fourth-order valence-electron chi connectivity index (χ4n) is 2.33. The molecular formula is C14H21N5O2. The van der Waals surface area contributed by atoms with Gasteiger partial charge in [0.05, 0.1) is 17.1 Å². The van der Waals surface area contributed by atoms with Crippen LogP contribution in [0.1, 0.15) is 37.6 Å². The Kier molecular flexibility index (Phi) is 4.40. The van der Waals surface area contributed by atoms with Crippen LogP contribution in [0.25, 0.3) is 0 Å². The largest absolute Gasteiger partial charge is 0.318 e. The minimum atomic E-state index is -0.267. The number of aromatic nitrogens is 2. The molecule has 0 atom stereocenters. The zero-order valence-electron chi connectivity index (χ0n) is 12.9. The summed E-state index contributed by atoms with van der Waals surface area (Å²) in [4.78, 5) is 23.7. The van der Waals surface area contributed by atoms with Crippen molar-refractivity contribution in [3.05, 3.63) is 11.4 Å². The Bertz CT molecular complexity index is 603. The number of rotatable bonds is 4. The van der Waals surface area contributed by atoms with Crippen molar-refractivity contribution in [3.63, 3.8) is 0 Å². The molecule has 1 N–H and O–H groups in total. The standard InChI is InChI=1S/C14H21N5O2/c1-5-8-19-10(3)13(9(2)16-19)15-14(21)11-6-7-12(20)18(4)17-11/h5-8H2,1-4H3,(H,15,21). The summed E-state index contributed by atoms with van der Waals surface area (Å²) in [6.45, 7) is 6.70. The molecule has 114 valence electrons. The fourth-order valence-corrected chi connectivity index (χ4v) is 2.33. The Hall–Kier alpha value is -2.18. The van der Waals surface area contributed by atoms with Crippen LogP contribution in [-0.4, -0.2) is 39.4 Å². The van der Waals surface area contributed by atoms with Gasteiger partial charge in [0.1, 0.15) is 5.71 Å². The Morgan fingerprint density at radius 2 is 2.05 bits per heavy atom. The molecule has 2 heterocycles. The number of hydrazone groups is 1. The van der Waals surface area contributed by atoms with E-state index in [9.17, 15) is 9.59 Å². The number of anilines is 1. The number of aryl methyl sites for hydroxylation is 2. The molecule has 1 aromatic rings. The molecule has 1 aromatic heterocycles. The fraction of sp³-hybridized carbons (Fsp3) is 0.571. The molecule has 0 unspecified atom stereocenters. The van der Waals surface area contributed by atoms with Crippen LogP contribution in [0.3, 0.4) is 0 Å². The highest BCUT2D eigenvalue weighted by molar-refractivity contribution is 6.43. The van der Waals surface area contributed by atoms with Gasteiger partial charge in [-0.05, 0) is 20.3 Å². The van der Waals surface area contributed by atoms with Crippen molar-refractivity contribution >= 4 is 23.2 Å². The highest BCUT2D eigenvalue weighted by Gasteiger charge is 2.23. The predicted molar refractivity (Wildman–Crippen MR) is 80.1 cm³/mol. The molecule has 0 aliphatic carbocycles. The average Bonchev–Trinajstić information content (AvgIpc) is 2.70. The molecule has 0 radical (unpaired) electrons. The maximum absolute atomic E-state index is 12.3. The molecule has 1 aliphatic heterocycles. The van der Waals surface area contributed by atoms with Crippen molar-refractivity contribution < 1.29 is 9.59 Å². The average molecular weight is 291 g/mol. The first-order valence-corrected chi connectivity index (χ1v) is 7.13. The van der Waals surface area contributed by atoms with E-state index in [0.717, 1.165) is 30.0 Å². The number of carbonyl (C=O) groups is 2. The SMILES string of the molecule is CCCn1nc(C)c(NC(=O)C2=NN(C)C(=O)CC2)c1C. The quantitative estimate of drug-likeness (QED) is 0.912. The number of nitrogens with one attached hydrogen (secondary N) is 1. The molecule has 0 aromatic carbocycles. The highest BCUT2D eigenvalue weighted by Crippen LogP contribution is 2.20. The summed E-state index contributed by atoms with van der Waals surface area (Å²) in [7, 11) is 1.56. The van der Waals surface area contributed by atoms with Gasteiger partial charge in [-0.15, -0.1) is 0 Å². The Labute approximate surface area is 124 Å². The molecule has 0 saturated heterocycles. The van der Waals surface area contributed by atoms with E-state index >= 15 is 0 Å². The number of nitrogens with zero attached hydrogens (tertiary/aromatic N) is 4. The maximum Gasteiger partial charge on any atom is 0.271 e. The van der Waals surface area contributed by atoms with E-state index in [1.165, 1.54) is 5.01 Å². The lowest BCUT2D eigenvalue weighted by Crippen LogP contribution is -2.34. The van der Waals surface area contributed by atoms with Crippen LogP contribution >= 0.6 is 0 Å². The predicted octanol–water partition coefficient (Wildman–Crippen LogP) is 1.46. The molecule has 21 heavy (non-hydrogen) atoms. The van der Waals surface area contributed by atoms with Crippen LogP contribution in [0, 0.1) is 13.8 Å². The van der Waals surface area contributed by atoms with E-state index in [-0.39, 0.29) is 11.8 Å². The van der Waals surface area contributed by atoms with Crippen LogP contribution in [0.5, 0.6) is 0 Å². The number of carbonyl (C=O) groups excluding carboxylic acids is 2. The van der Waals surface area contributed by atoms with Gasteiger partial charge in [-0.2, -0.15) is 10.2 Å². The van der Waals surface area contributed by atoms with Gasteiger partial charge in [-0.25, -0.2) is 5.01 Å². The molecule has 2 rings (SSSR count). The third-order valence-corrected chi connectivity index (χ3v) is 3.52. The zero-order valence-corrected chi connectivity index (χ0v) is 12.9. The lowest BCUT2D eigenvalue weighted by atomic mass is 10.1. The van der Waals surface area contributed by atoms with Crippen molar-refractivity contribution in [3.8, 4) is 0 Å². The van der Waals surface area contributed by atoms with E-state index < -0.39 is 0 Å². The first-order chi connectivity index (χ1) is 9.93. The normalized spacial score (nSPS) is 15.1. The summed E-state index contributed by atoms with van der Waals surface area (Å²) in [6.07, 6.45) is 1.67. The minimum absolute atomic E-state index is 0.0744. The van der Waals surface area contributed by atoms with E-state index in [1.54, 1.807) is 7.05 Å². The van der Waals surface area contributed by atoms with Crippen molar-refractivity contribution in [1.82, 2.24) is 14.8 Å². The monoisotopic (exact) mass is 291 g/mol. The maximum atomic E-state index is 12.3. The Balaban J connectivity index is 2.17.